The van der Waals surface area contributed by atoms with Gasteiger partial charge in [0.2, 0.25) is 0 Å². The van der Waals surface area contributed by atoms with Crippen LogP contribution in [0.2, 0.25) is 0 Å². The molecule has 1 aromatic heterocycles. The molecule has 0 bridgehead atoms. The number of carbonyl (C=O) groups is 1. The second-order valence-corrected chi connectivity index (χ2v) is 4.93. The predicted octanol–water partition coefficient (Wildman–Crippen LogP) is 2.62. The number of anilines is 1. The average molecular weight is 249 g/mol. The normalized spacial score (nSPS) is 11.5. The minimum Gasteiger partial charge on any atom is -0.444 e. The predicted molar refractivity (Wildman–Crippen MR) is 66.8 cm³/mol. The molecule has 1 heterocycles. The van der Waals surface area contributed by atoms with E-state index >= 15 is 0 Å². The zero-order valence-electron chi connectivity index (χ0n) is 10.5. The van der Waals surface area contributed by atoms with Crippen LogP contribution in [0.5, 0.6) is 0 Å². The first-order chi connectivity index (χ1) is 8.35. The SMILES string of the molecule is CC(C)(C)OC(=O)Nc1ccc2c(cnn2O)c1. The van der Waals surface area contributed by atoms with Crippen LogP contribution in [0, 0.1) is 0 Å². The van der Waals surface area contributed by atoms with Crippen molar-refractivity contribution >= 4 is 22.7 Å². The largest absolute Gasteiger partial charge is 0.444 e. The smallest absolute Gasteiger partial charge is 0.412 e. The van der Waals surface area contributed by atoms with E-state index in [-0.39, 0.29) is 0 Å². The van der Waals surface area contributed by atoms with E-state index in [1.165, 1.54) is 6.20 Å². The molecule has 2 N–H and O–H groups in total. The number of nitrogens with zero attached hydrogens (tertiary/aromatic N) is 2. The lowest BCUT2D eigenvalue weighted by molar-refractivity contribution is 0.0636. The van der Waals surface area contributed by atoms with E-state index in [0.717, 1.165) is 10.2 Å². The Morgan fingerprint density at radius 3 is 2.83 bits per heavy atom. The van der Waals surface area contributed by atoms with Crippen molar-refractivity contribution in [2.45, 2.75) is 26.4 Å². The van der Waals surface area contributed by atoms with Gasteiger partial charge in [-0.2, -0.15) is 0 Å². The molecule has 6 nitrogen and oxygen atoms in total. The van der Waals surface area contributed by atoms with Gasteiger partial charge in [0.1, 0.15) is 11.1 Å². The second-order valence-electron chi connectivity index (χ2n) is 4.93. The van der Waals surface area contributed by atoms with Gasteiger partial charge in [-0.05, 0) is 39.0 Å². The van der Waals surface area contributed by atoms with E-state index in [2.05, 4.69) is 10.4 Å². The summed E-state index contributed by atoms with van der Waals surface area (Å²) < 4.78 is 5.14. The van der Waals surface area contributed by atoms with Crippen LogP contribution in [0.15, 0.2) is 24.4 Å². The summed E-state index contributed by atoms with van der Waals surface area (Å²) in [6, 6.07) is 5.04. The highest BCUT2D eigenvalue weighted by Gasteiger charge is 2.16. The molecular formula is C12H15N3O3. The summed E-state index contributed by atoms with van der Waals surface area (Å²) in [4.78, 5) is 12.4. The first-order valence-corrected chi connectivity index (χ1v) is 5.52. The third-order valence-corrected chi connectivity index (χ3v) is 2.19. The number of rotatable bonds is 1. The summed E-state index contributed by atoms with van der Waals surface area (Å²) in [5, 5.41) is 16.4. The van der Waals surface area contributed by atoms with Gasteiger partial charge in [0, 0.05) is 11.1 Å². The molecule has 0 radical (unpaired) electrons. The molecule has 2 aromatic rings. The quantitative estimate of drug-likeness (QED) is 0.762. The molecule has 2 rings (SSSR count). The van der Waals surface area contributed by atoms with Crippen molar-refractivity contribution in [3.05, 3.63) is 24.4 Å². The van der Waals surface area contributed by atoms with Crippen molar-refractivity contribution in [3.8, 4) is 0 Å². The highest BCUT2D eigenvalue weighted by atomic mass is 16.6. The Morgan fingerprint density at radius 1 is 1.44 bits per heavy atom. The summed E-state index contributed by atoms with van der Waals surface area (Å²) >= 11 is 0. The minimum absolute atomic E-state index is 0.516. The van der Waals surface area contributed by atoms with Crippen LogP contribution in [0.25, 0.3) is 10.9 Å². The molecule has 0 fully saturated rings. The van der Waals surface area contributed by atoms with Gasteiger partial charge in [-0.15, -0.1) is 9.94 Å². The van der Waals surface area contributed by atoms with E-state index in [1.54, 1.807) is 39.0 Å². The number of fused-ring (bicyclic) bond motifs is 1. The number of aromatic nitrogens is 2. The van der Waals surface area contributed by atoms with E-state index in [0.29, 0.717) is 11.2 Å². The van der Waals surface area contributed by atoms with Gasteiger partial charge >= 0.3 is 6.09 Å². The van der Waals surface area contributed by atoms with E-state index in [1.807, 2.05) is 0 Å². The lowest BCUT2D eigenvalue weighted by Gasteiger charge is -2.19. The van der Waals surface area contributed by atoms with Crippen LogP contribution in [-0.4, -0.2) is 26.8 Å². The second kappa shape index (κ2) is 4.21. The van der Waals surface area contributed by atoms with Crippen molar-refractivity contribution in [2.24, 2.45) is 0 Å². The Kier molecular flexibility index (Phi) is 2.86. The van der Waals surface area contributed by atoms with Crippen LogP contribution in [0.4, 0.5) is 10.5 Å². The Bertz CT molecular complexity index is 584. The van der Waals surface area contributed by atoms with Crippen LogP contribution < -0.4 is 5.32 Å². The van der Waals surface area contributed by atoms with Gasteiger partial charge in [0.15, 0.2) is 0 Å². The van der Waals surface area contributed by atoms with Crippen LogP contribution >= 0.6 is 0 Å². The molecule has 6 heteroatoms. The zero-order chi connectivity index (χ0) is 13.3. The first kappa shape index (κ1) is 12.2. The summed E-state index contributed by atoms with van der Waals surface area (Å²) in [6.45, 7) is 5.39. The molecule has 1 amide bonds. The lowest BCUT2D eigenvalue weighted by atomic mass is 10.2. The van der Waals surface area contributed by atoms with Gasteiger partial charge in [-0.25, -0.2) is 4.79 Å². The van der Waals surface area contributed by atoms with E-state index in [4.69, 9.17) is 4.74 Å². The van der Waals surface area contributed by atoms with E-state index in [9.17, 15) is 10.0 Å². The molecule has 0 unspecified atom stereocenters. The molecule has 0 saturated carbocycles. The third-order valence-electron chi connectivity index (χ3n) is 2.19. The number of hydrogen-bond acceptors (Lipinski definition) is 4. The maximum atomic E-state index is 11.6. The van der Waals surface area contributed by atoms with Crippen molar-refractivity contribution in [3.63, 3.8) is 0 Å². The fourth-order valence-corrected chi connectivity index (χ4v) is 1.52. The molecule has 0 aliphatic rings. The molecule has 0 spiro atoms. The van der Waals surface area contributed by atoms with Gasteiger partial charge in [0.25, 0.3) is 0 Å². The molecule has 18 heavy (non-hydrogen) atoms. The van der Waals surface area contributed by atoms with Gasteiger partial charge in [-0.3, -0.25) is 5.32 Å². The Labute approximate surface area is 104 Å². The molecule has 0 aliphatic carbocycles. The Balaban J connectivity index is 2.15. The van der Waals surface area contributed by atoms with Crippen LogP contribution in [0.3, 0.4) is 0 Å². The standard InChI is InChI=1S/C12H15N3O3/c1-12(2,3)18-11(16)14-9-4-5-10-8(6-9)7-13-15(10)17/h4-7,17H,1-3H3,(H,14,16). The number of hydrogen-bond donors (Lipinski definition) is 2. The maximum Gasteiger partial charge on any atom is 0.412 e. The fourth-order valence-electron chi connectivity index (χ4n) is 1.52. The lowest BCUT2D eigenvalue weighted by Crippen LogP contribution is -2.27. The average Bonchev–Trinajstić information content (AvgIpc) is 2.57. The fraction of sp³-hybridized carbons (Fsp3) is 0.333. The van der Waals surface area contributed by atoms with Gasteiger partial charge in [0.05, 0.1) is 6.20 Å². The summed E-state index contributed by atoms with van der Waals surface area (Å²) in [6.07, 6.45) is 0.994. The summed E-state index contributed by atoms with van der Waals surface area (Å²) in [7, 11) is 0. The van der Waals surface area contributed by atoms with Crippen molar-refractivity contribution in [1.29, 1.82) is 0 Å². The monoisotopic (exact) mass is 249 g/mol. The molecular weight excluding hydrogens is 234 g/mol. The van der Waals surface area contributed by atoms with Crippen LogP contribution in [-0.2, 0) is 4.74 Å². The number of benzene rings is 1. The van der Waals surface area contributed by atoms with Crippen molar-refractivity contribution in [1.82, 2.24) is 9.94 Å². The highest BCUT2D eigenvalue weighted by Crippen LogP contribution is 2.19. The Morgan fingerprint density at radius 2 is 2.17 bits per heavy atom. The maximum absolute atomic E-state index is 11.6. The first-order valence-electron chi connectivity index (χ1n) is 5.52. The van der Waals surface area contributed by atoms with Crippen molar-refractivity contribution < 1.29 is 14.7 Å². The topological polar surface area (TPSA) is 76.4 Å². The van der Waals surface area contributed by atoms with Crippen molar-refractivity contribution in [2.75, 3.05) is 5.32 Å². The van der Waals surface area contributed by atoms with E-state index < -0.39 is 11.7 Å². The number of nitrogens with one attached hydrogen (secondary N) is 1. The third kappa shape index (κ3) is 2.71. The molecule has 96 valence electrons. The molecule has 0 aliphatic heterocycles. The highest BCUT2D eigenvalue weighted by molar-refractivity contribution is 5.89. The molecule has 1 aromatic carbocycles. The minimum atomic E-state index is -0.538. The molecule has 0 atom stereocenters. The van der Waals surface area contributed by atoms with Crippen LogP contribution in [0.1, 0.15) is 20.8 Å². The number of ether oxygens (including phenoxy) is 1. The number of carbonyl (C=O) groups excluding carboxylic acids is 1. The van der Waals surface area contributed by atoms with Gasteiger partial charge < -0.3 is 9.94 Å². The summed E-state index contributed by atoms with van der Waals surface area (Å²) in [5.41, 5.74) is 0.624. The summed E-state index contributed by atoms with van der Waals surface area (Å²) in [5.74, 6) is 0. The Hall–Kier alpha value is -2.24. The van der Waals surface area contributed by atoms with Gasteiger partial charge in [-0.1, -0.05) is 0 Å². The molecule has 0 saturated heterocycles. The zero-order valence-corrected chi connectivity index (χ0v) is 10.5. The number of amides is 1.